The van der Waals surface area contributed by atoms with Gasteiger partial charge >= 0.3 is 0 Å². The molecule has 1 amide bonds. The van der Waals surface area contributed by atoms with Crippen molar-refractivity contribution < 1.29 is 14.6 Å². The number of hydrogen-bond donors (Lipinski definition) is 2. The fourth-order valence-electron chi connectivity index (χ4n) is 2.74. The van der Waals surface area contributed by atoms with Gasteiger partial charge in [0.15, 0.2) is 5.56 Å². The highest BCUT2D eigenvalue weighted by Crippen LogP contribution is 2.17. The molecule has 3 aromatic rings. The minimum Gasteiger partial charge on any atom is -0.496 e. The van der Waals surface area contributed by atoms with Crippen LogP contribution in [0.2, 0.25) is 0 Å². The maximum absolute atomic E-state index is 12.5. The van der Waals surface area contributed by atoms with Gasteiger partial charge in [0, 0.05) is 12.7 Å². The Kier molecular flexibility index (Phi) is 4.88. The van der Waals surface area contributed by atoms with Gasteiger partial charge in [0.05, 0.1) is 7.11 Å². The summed E-state index contributed by atoms with van der Waals surface area (Å²) in [6.45, 7) is 2.14. The van der Waals surface area contributed by atoms with E-state index in [0.717, 1.165) is 16.9 Å². The second-order valence-corrected chi connectivity index (χ2v) is 5.87. The number of aromatic nitrogens is 2. The first-order valence-electron chi connectivity index (χ1n) is 8.13. The zero-order valence-corrected chi connectivity index (χ0v) is 14.5. The van der Waals surface area contributed by atoms with Gasteiger partial charge in [-0.05, 0) is 42.7 Å². The Hall–Kier alpha value is -3.35. The van der Waals surface area contributed by atoms with E-state index in [2.05, 4.69) is 10.3 Å². The molecule has 1 aromatic carbocycles. The first-order valence-corrected chi connectivity index (χ1v) is 8.13. The van der Waals surface area contributed by atoms with Gasteiger partial charge in [0.2, 0.25) is 5.88 Å². The van der Waals surface area contributed by atoms with Gasteiger partial charge in [-0.1, -0.05) is 18.2 Å². The molecule has 3 rings (SSSR count). The highest BCUT2D eigenvalue weighted by Gasteiger charge is 2.19. The number of nitrogens with zero attached hydrogens (tertiary/aromatic N) is 2. The summed E-state index contributed by atoms with van der Waals surface area (Å²) in [4.78, 5) is 28.9. The first kappa shape index (κ1) is 17.5. The fraction of sp³-hybridized carbons (Fsp3) is 0.211. The van der Waals surface area contributed by atoms with Crippen molar-refractivity contribution in [3.8, 4) is 11.6 Å². The van der Waals surface area contributed by atoms with Crippen LogP contribution in [-0.4, -0.2) is 34.1 Å². The molecule has 134 valence electrons. The van der Waals surface area contributed by atoms with Crippen LogP contribution in [0.5, 0.6) is 11.6 Å². The van der Waals surface area contributed by atoms with E-state index in [1.807, 2.05) is 31.2 Å². The van der Waals surface area contributed by atoms with Crippen molar-refractivity contribution >= 4 is 11.6 Å². The molecule has 0 spiro atoms. The van der Waals surface area contributed by atoms with Crippen molar-refractivity contribution in [2.24, 2.45) is 0 Å². The topological polar surface area (TPSA) is 92.9 Å². The average Bonchev–Trinajstić information content (AvgIpc) is 2.61. The predicted molar refractivity (Wildman–Crippen MR) is 96.9 cm³/mol. The number of ether oxygens (including phenoxy) is 1. The van der Waals surface area contributed by atoms with Crippen molar-refractivity contribution in [3.63, 3.8) is 0 Å². The van der Waals surface area contributed by atoms with E-state index in [-0.39, 0.29) is 17.8 Å². The van der Waals surface area contributed by atoms with E-state index in [0.29, 0.717) is 6.42 Å². The molecular formula is C19H19N3O4. The number of amides is 1. The third-order valence-corrected chi connectivity index (χ3v) is 4.07. The Labute approximate surface area is 149 Å². The molecule has 0 atom stereocenters. The number of fused-ring (bicyclic) bond motifs is 1. The highest BCUT2D eigenvalue weighted by atomic mass is 16.5. The molecule has 7 heteroatoms. The molecule has 2 heterocycles. The smallest absolute Gasteiger partial charge is 0.274 e. The van der Waals surface area contributed by atoms with E-state index >= 15 is 0 Å². The molecule has 2 aromatic heterocycles. The third kappa shape index (κ3) is 3.37. The summed E-state index contributed by atoms with van der Waals surface area (Å²) in [7, 11) is 1.58. The number of pyridine rings is 1. The molecule has 0 radical (unpaired) electrons. The molecule has 0 fully saturated rings. The van der Waals surface area contributed by atoms with Gasteiger partial charge in [-0.3, -0.25) is 14.0 Å². The van der Waals surface area contributed by atoms with Gasteiger partial charge < -0.3 is 15.2 Å². The van der Waals surface area contributed by atoms with Crippen LogP contribution >= 0.6 is 0 Å². The number of methoxy groups -OCH3 is 1. The van der Waals surface area contributed by atoms with Crippen LogP contribution in [-0.2, 0) is 6.42 Å². The van der Waals surface area contributed by atoms with E-state index in [4.69, 9.17) is 4.74 Å². The second-order valence-electron chi connectivity index (χ2n) is 5.87. The Bertz CT molecular complexity index is 1030. The average molecular weight is 353 g/mol. The summed E-state index contributed by atoms with van der Waals surface area (Å²) in [5.74, 6) is -0.507. The number of aryl methyl sites for hydroxylation is 1. The number of hydrogen-bond acceptors (Lipinski definition) is 5. The lowest BCUT2D eigenvalue weighted by atomic mass is 10.1. The summed E-state index contributed by atoms with van der Waals surface area (Å²) in [6.07, 6.45) is 2.06. The summed E-state index contributed by atoms with van der Waals surface area (Å²) in [5, 5.41) is 12.7. The summed E-state index contributed by atoms with van der Waals surface area (Å²) in [6, 6.07) is 10.9. The minimum absolute atomic E-state index is 0.286. The number of carbonyl (C=O) groups excluding carboxylic acids is 1. The normalized spacial score (nSPS) is 10.7. The zero-order valence-electron chi connectivity index (χ0n) is 14.5. The lowest BCUT2D eigenvalue weighted by Gasteiger charge is -2.10. The van der Waals surface area contributed by atoms with Crippen LogP contribution in [0.25, 0.3) is 5.65 Å². The van der Waals surface area contributed by atoms with Crippen molar-refractivity contribution in [1.29, 1.82) is 0 Å². The van der Waals surface area contributed by atoms with Crippen molar-refractivity contribution in [3.05, 3.63) is 69.6 Å². The van der Waals surface area contributed by atoms with Gasteiger partial charge in [0.25, 0.3) is 11.5 Å². The molecule has 0 aliphatic carbocycles. The number of benzene rings is 1. The van der Waals surface area contributed by atoms with Gasteiger partial charge in [-0.15, -0.1) is 0 Å². The summed E-state index contributed by atoms with van der Waals surface area (Å²) in [5.41, 5.74) is 1.14. The zero-order chi connectivity index (χ0) is 18.7. The lowest BCUT2D eigenvalue weighted by Crippen LogP contribution is -2.33. The van der Waals surface area contributed by atoms with Crippen LogP contribution in [0.15, 0.2) is 47.4 Å². The standard InChI is InChI=1S/C19H19N3O4/c1-12-8-10-22-15(11-12)21-18(24)16(19(22)25)17(23)20-9-7-13-5-3-4-6-14(13)26-2/h3-6,8,10-11,24H,7,9H2,1-2H3,(H,20,23). The van der Waals surface area contributed by atoms with Crippen molar-refractivity contribution in [2.75, 3.05) is 13.7 Å². The molecule has 2 N–H and O–H groups in total. The number of para-hydroxylation sites is 1. The van der Waals surface area contributed by atoms with E-state index < -0.39 is 17.3 Å². The van der Waals surface area contributed by atoms with Crippen molar-refractivity contribution in [2.45, 2.75) is 13.3 Å². The molecule has 0 bridgehead atoms. The van der Waals surface area contributed by atoms with E-state index in [1.54, 1.807) is 19.2 Å². The summed E-state index contributed by atoms with van der Waals surface area (Å²) < 4.78 is 6.51. The molecule has 0 saturated carbocycles. The monoisotopic (exact) mass is 353 g/mol. The minimum atomic E-state index is -0.662. The van der Waals surface area contributed by atoms with Gasteiger partial charge in [-0.2, -0.15) is 4.98 Å². The first-order chi connectivity index (χ1) is 12.5. The second kappa shape index (κ2) is 7.26. The molecule has 0 unspecified atom stereocenters. The number of rotatable bonds is 5. The van der Waals surface area contributed by atoms with Crippen LogP contribution in [0.3, 0.4) is 0 Å². The van der Waals surface area contributed by atoms with Crippen LogP contribution in [0.1, 0.15) is 21.5 Å². The van der Waals surface area contributed by atoms with Crippen molar-refractivity contribution in [1.82, 2.24) is 14.7 Å². The van der Waals surface area contributed by atoms with Crippen LogP contribution < -0.4 is 15.6 Å². The van der Waals surface area contributed by atoms with Crippen LogP contribution in [0.4, 0.5) is 0 Å². The summed E-state index contributed by atoms with van der Waals surface area (Å²) >= 11 is 0. The number of nitrogens with one attached hydrogen (secondary N) is 1. The maximum atomic E-state index is 12.5. The molecule has 26 heavy (non-hydrogen) atoms. The Morgan fingerprint density at radius 1 is 1.31 bits per heavy atom. The third-order valence-electron chi connectivity index (χ3n) is 4.07. The largest absolute Gasteiger partial charge is 0.496 e. The Balaban J connectivity index is 1.80. The van der Waals surface area contributed by atoms with Gasteiger partial charge in [-0.25, -0.2) is 0 Å². The fourth-order valence-corrected chi connectivity index (χ4v) is 2.74. The Morgan fingerprint density at radius 2 is 2.08 bits per heavy atom. The highest BCUT2D eigenvalue weighted by molar-refractivity contribution is 5.96. The van der Waals surface area contributed by atoms with E-state index in [1.165, 1.54) is 10.6 Å². The maximum Gasteiger partial charge on any atom is 0.274 e. The molecule has 0 aliphatic heterocycles. The number of carbonyl (C=O) groups is 1. The molecule has 0 saturated heterocycles. The quantitative estimate of drug-likeness (QED) is 0.728. The lowest BCUT2D eigenvalue weighted by molar-refractivity contribution is 0.0949. The van der Waals surface area contributed by atoms with Crippen LogP contribution in [0, 0.1) is 6.92 Å². The molecule has 7 nitrogen and oxygen atoms in total. The molecule has 0 aliphatic rings. The number of aromatic hydroxyl groups is 1. The molecular weight excluding hydrogens is 334 g/mol. The SMILES string of the molecule is COc1ccccc1CCNC(=O)c1c(O)nc2cc(C)ccn2c1=O. The Morgan fingerprint density at radius 3 is 2.85 bits per heavy atom. The van der Waals surface area contributed by atoms with Gasteiger partial charge in [0.1, 0.15) is 11.4 Å². The predicted octanol–water partition coefficient (Wildman–Crippen LogP) is 1.69. The van der Waals surface area contributed by atoms with E-state index in [9.17, 15) is 14.7 Å².